The fraction of sp³-hybridized carbons (Fsp3) is 0.929. The van der Waals surface area contributed by atoms with Crippen molar-refractivity contribution < 1.29 is 4.79 Å². The molecule has 0 aromatic rings. The Balaban J connectivity index is 2.54. The molecule has 1 saturated heterocycles. The van der Waals surface area contributed by atoms with Crippen LogP contribution in [-0.2, 0) is 4.79 Å². The minimum absolute atomic E-state index is 0.0721. The highest BCUT2D eigenvalue weighted by Gasteiger charge is 2.27. The first-order valence-corrected chi connectivity index (χ1v) is 7.30. The van der Waals surface area contributed by atoms with Gasteiger partial charge in [0.2, 0.25) is 5.91 Å². The number of hydrogen-bond acceptors (Lipinski definition) is 4. The summed E-state index contributed by atoms with van der Waals surface area (Å²) in [7, 11) is 4.08. The summed E-state index contributed by atoms with van der Waals surface area (Å²) in [4.78, 5) is 16.7. The molecule has 1 aliphatic rings. The Kier molecular flexibility index (Phi) is 6.75. The third-order valence-corrected chi connectivity index (χ3v) is 3.35. The van der Waals surface area contributed by atoms with Crippen LogP contribution in [0.2, 0.25) is 0 Å². The summed E-state index contributed by atoms with van der Waals surface area (Å²) in [6.45, 7) is 10.6. The number of nitrogens with zero attached hydrogens (tertiary/aromatic N) is 2. The molecule has 112 valence electrons. The molecule has 0 aliphatic carbocycles. The lowest BCUT2D eigenvalue weighted by molar-refractivity contribution is -0.134. The van der Waals surface area contributed by atoms with Crippen LogP contribution >= 0.6 is 0 Å². The summed E-state index contributed by atoms with van der Waals surface area (Å²) in [5.74, 6) is 0.733. The van der Waals surface area contributed by atoms with Gasteiger partial charge in [0, 0.05) is 38.8 Å². The van der Waals surface area contributed by atoms with Crippen LogP contribution < -0.4 is 10.6 Å². The van der Waals surface area contributed by atoms with Crippen LogP contribution in [0.3, 0.4) is 0 Å². The molecule has 2 atom stereocenters. The van der Waals surface area contributed by atoms with Crippen molar-refractivity contribution in [2.45, 2.75) is 32.9 Å². The number of carbonyl (C=O) groups excluding carboxylic acids is 1. The van der Waals surface area contributed by atoms with Gasteiger partial charge in [-0.2, -0.15) is 0 Å². The van der Waals surface area contributed by atoms with Crippen molar-refractivity contribution in [1.29, 1.82) is 0 Å². The van der Waals surface area contributed by atoms with Crippen LogP contribution in [0, 0.1) is 5.92 Å². The Hall–Kier alpha value is -0.650. The number of piperazine rings is 1. The highest BCUT2D eigenvalue weighted by molar-refractivity contribution is 5.82. The molecule has 0 aromatic heterocycles. The summed E-state index contributed by atoms with van der Waals surface area (Å²) in [6, 6.07) is 0.376. The van der Waals surface area contributed by atoms with Crippen LogP contribution in [0.5, 0.6) is 0 Å². The zero-order valence-corrected chi connectivity index (χ0v) is 13.1. The molecule has 0 spiro atoms. The number of hydrogen-bond donors (Lipinski definition) is 2. The molecule has 1 heterocycles. The van der Waals surface area contributed by atoms with Gasteiger partial charge in [0.1, 0.15) is 0 Å². The Bertz CT molecular complexity index is 273. The predicted octanol–water partition coefficient (Wildman–Crippen LogP) is -0.0175. The summed E-state index contributed by atoms with van der Waals surface area (Å²) >= 11 is 0. The lowest BCUT2D eigenvalue weighted by atomic mass is 10.1. The van der Waals surface area contributed by atoms with Crippen molar-refractivity contribution in [3.8, 4) is 0 Å². The highest BCUT2D eigenvalue weighted by Crippen LogP contribution is 2.04. The van der Waals surface area contributed by atoms with E-state index in [0.717, 1.165) is 32.7 Å². The molecule has 5 heteroatoms. The zero-order chi connectivity index (χ0) is 14.4. The maximum atomic E-state index is 12.6. The van der Waals surface area contributed by atoms with E-state index in [1.807, 2.05) is 19.0 Å². The summed E-state index contributed by atoms with van der Waals surface area (Å²) in [6.07, 6.45) is 0. The second-order valence-corrected chi connectivity index (χ2v) is 6.25. The van der Waals surface area contributed by atoms with Crippen LogP contribution in [0.15, 0.2) is 0 Å². The van der Waals surface area contributed by atoms with Gasteiger partial charge in [0.05, 0.1) is 6.04 Å². The van der Waals surface area contributed by atoms with E-state index in [1.54, 1.807) is 0 Å². The molecule has 1 aliphatic heterocycles. The minimum Gasteiger partial charge on any atom is -0.340 e. The first-order chi connectivity index (χ1) is 8.90. The Morgan fingerprint density at radius 3 is 2.37 bits per heavy atom. The first kappa shape index (κ1) is 16.4. The monoisotopic (exact) mass is 270 g/mol. The van der Waals surface area contributed by atoms with Gasteiger partial charge >= 0.3 is 0 Å². The van der Waals surface area contributed by atoms with E-state index in [9.17, 15) is 4.79 Å². The normalized spacial score (nSPS) is 23.9. The molecule has 1 rings (SSSR count). The number of amides is 1. The van der Waals surface area contributed by atoms with Gasteiger partial charge < -0.3 is 20.4 Å². The van der Waals surface area contributed by atoms with Crippen LogP contribution in [0.25, 0.3) is 0 Å². The van der Waals surface area contributed by atoms with E-state index in [4.69, 9.17) is 0 Å². The van der Waals surface area contributed by atoms with Crippen molar-refractivity contribution >= 4 is 5.91 Å². The lowest BCUT2D eigenvalue weighted by Gasteiger charge is -2.34. The molecule has 19 heavy (non-hydrogen) atoms. The van der Waals surface area contributed by atoms with Gasteiger partial charge in [-0.3, -0.25) is 4.79 Å². The van der Waals surface area contributed by atoms with Gasteiger partial charge in [-0.05, 0) is 26.9 Å². The fourth-order valence-electron chi connectivity index (χ4n) is 2.23. The number of rotatable bonds is 6. The van der Waals surface area contributed by atoms with E-state index >= 15 is 0 Å². The number of likely N-dealkylation sites (N-methyl/N-ethyl adjacent to an activating group) is 1. The van der Waals surface area contributed by atoms with E-state index in [1.165, 1.54) is 0 Å². The predicted molar refractivity (Wildman–Crippen MR) is 79.2 cm³/mol. The van der Waals surface area contributed by atoms with Crippen LogP contribution in [-0.4, -0.2) is 74.6 Å². The maximum Gasteiger partial charge on any atom is 0.241 e. The number of nitrogens with one attached hydrogen (secondary N) is 2. The third kappa shape index (κ3) is 5.89. The molecule has 2 N–H and O–H groups in total. The molecule has 1 amide bonds. The van der Waals surface area contributed by atoms with E-state index in [2.05, 4.69) is 36.3 Å². The Morgan fingerprint density at radius 2 is 1.89 bits per heavy atom. The topological polar surface area (TPSA) is 47.6 Å². The van der Waals surface area contributed by atoms with Crippen molar-refractivity contribution in [2.24, 2.45) is 5.92 Å². The van der Waals surface area contributed by atoms with Crippen molar-refractivity contribution in [3.63, 3.8) is 0 Å². The van der Waals surface area contributed by atoms with Crippen LogP contribution in [0.1, 0.15) is 20.8 Å². The summed E-state index contributed by atoms with van der Waals surface area (Å²) in [5.41, 5.74) is 0. The smallest absolute Gasteiger partial charge is 0.241 e. The van der Waals surface area contributed by atoms with Gasteiger partial charge in [0.25, 0.3) is 0 Å². The quantitative estimate of drug-likeness (QED) is 0.712. The zero-order valence-electron chi connectivity index (χ0n) is 13.1. The molecule has 0 saturated carbocycles. The van der Waals surface area contributed by atoms with Crippen molar-refractivity contribution in [1.82, 2.24) is 20.4 Å². The van der Waals surface area contributed by atoms with Gasteiger partial charge in [-0.25, -0.2) is 0 Å². The van der Waals surface area contributed by atoms with Crippen molar-refractivity contribution in [2.75, 3.05) is 46.8 Å². The molecule has 2 unspecified atom stereocenters. The molecular formula is C14H30N4O. The fourth-order valence-corrected chi connectivity index (χ4v) is 2.23. The second-order valence-electron chi connectivity index (χ2n) is 6.25. The van der Waals surface area contributed by atoms with Gasteiger partial charge in [0.15, 0.2) is 0 Å². The molecule has 0 aromatic carbocycles. The lowest BCUT2D eigenvalue weighted by Crippen LogP contribution is -2.60. The molecule has 0 radical (unpaired) electrons. The first-order valence-electron chi connectivity index (χ1n) is 7.30. The highest BCUT2D eigenvalue weighted by atomic mass is 16.2. The Labute approximate surface area is 117 Å². The molecular weight excluding hydrogens is 240 g/mol. The third-order valence-electron chi connectivity index (χ3n) is 3.35. The SMILES string of the molecule is CC(C)CN(CCN(C)C)C(=O)C1CNC(C)CN1. The van der Waals surface area contributed by atoms with Gasteiger partial charge in [-0.1, -0.05) is 13.8 Å². The van der Waals surface area contributed by atoms with E-state index in [-0.39, 0.29) is 11.9 Å². The van der Waals surface area contributed by atoms with E-state index in [0.29, 0.717) is 12.0 Å². The average Bonchev–Trinajstić information content (AvgIpc) is 2.34. The van der Waals surface area contributed by atoms with Crippen LogP contribution in [0.4, 0.5) is 0 Å². The summed E-state index contributed by atoms with van der Waals surface area (Å²) in [5, 5.41) is 6.71. The van der Waals surface area contributed by atoms with Gasteiger partial charge in [-0.15, -0.1) is 0 Å². The number of carbonyl (C=O) groups is 1. The summed E-state index contributed by atoms with van der Waals surface area (Å²) < 4.78 is 0. The molecule has 1 fully saturated rings. The minimum atomic E-state index is -0.0721. The standard InChI is InChI=1S/C14H30N4O/c1-11(2)10-18(7-6-17(4)5)14(19)13-9-15-12(3)8-16-13/h11-13,15-16H,6-10H2,1-5H3. The molecule has 5 nitrogen and oxygen atoms in total. The van der Waals surface area contributed by atoms with E-state index < -0.39 is 0 Å². The van der Waals surface area contributed by atoms with Crippen molar-refractivity contribution in [3.05, 3.63) is 0 Å². The average molecular weight is 270 g/mol. The second kappa shape index (κ2) is 7.82. The maximum absolute atomic E-state index is 12.6. The molecule has 0 bridgehead atoms. The Morgan fingerprint density at radius 1 is 1.21 bits per heavy atom. The largest absolute Gasteiger partial charge is 0.340 e.